The Kier molecular flexibility index (Phi) is 2.94. The molecule has 0 atom stereocenters. The van der Waals surface area contributed by atoms with Gasteiger partial charge in [0.15, 0.2) is 0 Å². The summed E-state index contributed by atoms with van der Waals surface area (Å²) >= 11 is 4.47. The predicted molar refractivity (Wildman–Crippen MR) is 94.1 cm³/mol. The standard InChI is InChI=1S/C20H14S/c21-16-8-5-7-14(12-16)20-13-15-6-1-2-9-17(15)18-10-3-4-11-19(18)20/h1-13,21H. The third kappa shape index (κ3) is 2.10. The van der Waals surface area contributed by atoms with Gasteiger partial charge in [-0.05, 0) is 50.9 Å². The van der Waals surface area contributed by atoms with Crippen molar-refractivity contribution in [3.63, 3.8) is 0 Å². The average Bonchev–Trinajstić information content (AvgIpc) is 2.54. The summed E-state index contributed by atoms with van der Waals surface area (Å²) in [5, 5.41) is 5.17. The largest absolute Gasteiger partial charge is 0.143 e. The summed E-state index contributed by atoms with van der Waals surface area (Å²) in [5.74, 6) is 0. The number of benzene rings is 4. The molecular weight excluding hydrogens is 272 g/mol. The van der Waals surface area contributed by atoms with E-state index in [4.69, 9.17) is 0 Å². The smallest absolute Gasteiger partial charge is 0.00461 e. The maximum Gasteiger partial charge on any atom is 0.00461 e. The lowest BCUT2D eigenvalue weighted by Crippen LogP contribution is -1.84. The van der Waals surface area contributed by atoms with Crippen LogP contribution < -0.4 is 0 Å². The Bertz CT molecular complexity index is 954. The highest BCUT2D eigenvalue weighted by molar-refractivity contribution is 7.80. The van der Waals surface area contributed by atoms with Gasteiger partial charge in [-0.2, -0.15) is 0 Å². The van der Waals surface area contributed by atoms with Crippen molar-refractivity contribution in [2.45, 2.75) is 4.90 Å². The second-order valence-electron chi connectivity index (χ2n) is 5.24. The van der Waals surface area contributed by atoms with Crippen LogP contribution in [0.3, 0.4) is 0 Å². The lowest BCUT2D eigenvalue weighted by molar-refractivity contribution is 1.48. The van der Waals surface area contributed by atoms with E-state index in [0.29, 0.717) is 0 Å². The van der Waals surface area contributed by atoms with E-state index in [1.807, 2.05) is 6.07 Å². The quantitative estimate of drug-likeness (QED) is 0.324. The van der Waals surface area contributed by atoms with Crippen LogP contribution in [-0.2, 0) is 0 Å². The molecule has 0 N–H and O–H groups in total. The first-order valence-corrected chi connectivity index (χ1v) is 7.47. The minimum Gasteiger partial charge on any atom is -0.143 e. The summed E-state index contributed by atoms with van der Waals surface area (Å²) in [6, 6.07) is 27.8. The Morgan fingerprint density at radius 3 is 2.10 bits per heavy atom. The molecule has 0 bridgehead atoms. The fourth-order valence-electron chi connectivity index (χ4n) is 2.97. The first kappa shape index (κ1) is 12.5. The monoisotopic (exact) mass is 286 g/mol. The van der Waals surface area contributed by atoms with Crippen LogP contribution in [0.2, 0.25) is 0 Å². The van der Waals surface area contributed by atoms with Crippen LogP contribution in [0.1, 0.15) is 0 Å². The van der Waals surface area contributed by atoms with Gasteiger partial charge in [-0.15, -0.1) is 12.6 Å². The minimum atomic E-state index is 0.990. The molecular formula is C20H14S. The van der Waals surface area contributed by atoms with Gasteiger partial charge >= 0.3 is 0 Å². The van der Waals surface area contributed by atoms with Gasteiger partial charge in [-0.3, -0.25) is 0 Å². The summed E-state index contributed by atoms with van der Waals surface area (Å²) in [4.78, 5) is 0.990. The molecule has 0 unspecified atom stereocenters. The molecule has 0 aliphatic heterocycles. The van der Waals surface area contributed by atoms with Gasteiger partial charge in [0, 0.05) is 4.90 Å². The molecule has 0 fully saturated rings. The fraction of sp³-hybridized carbons (Fsp3) is 0. The van der Waals surface area contributed by atoms with E-state index in [9.17, 15) is 0 Å². The van der Waals surface area contributed by atoms with Gasteiger partial charge in [0.2, 0.25) is 0 Å². The van der Waals surface area contributed by atoms with Crippen LogP contribution in [-0.4, -0.2) is 0 Å². The molecule has 0 radical (unpaired) electrons. The highest BCUT2D eigenvalue weighted by Gasteiger charge is 2.07. The molecule has 0 aliphatic rings. The minimum absolute atomic E-state index is 0.990. The summed E-state index contributed by atoms with van der Waals surface area (Å²) in [6.07, 6.45) is 0. The van der Waals surface area contributed by atoms with Gasteiger partial charge < -0.3 is 0 Å². The SMILES string of the molecule is Sc1cccc(-c2cc3ccccc3c3ccccc23)c1. The zero-order valence-corrected chi connectivity index (χ0v) is 12.3. The fourth-order valence-corrected chi connectivity index (χ4v) is 3.19. The Labute approximate surface area is 129 Å². The van der Waals surface area contributed by atoms with Crippen molar-refractivity contribution in [2.24, 2.45) is 0 Å². The van der Waals surface area contributed by atoms with Gasteiger partial charge in [-0.1, -0.05) is 60.7 Å². The van der Waals surface area contributed by atoms with E-state index in [1.165, 1.54) is 32.7 Å². The lowest BCUT2D eigenvalue weighted by atomic mass is 9.93. The Morgan fingerprint density at radius 1 is 0.571 bits per heavy atom. The van der Waals surface area contributed by atoms with E-state index < -0.39 is 0 Å². The Balaban J connectivity index is 2.16. The predicted octanol–water partition coefficient (Wildman–Crippen LogP) is 5.95. The summed E-state index contributed by atoms with van der Waals surface area (Å²) in [7, 11) is 0. The van der Waals surface area contributed by atoms with E-state index in [1.54, 1.807) is 0 Å². The van der Waals surface area contributed by atoms with Crippen molar-refractivity contribution in [3.05, 3.63) is 78.9 Å². The zero-order valence-electron chi connectivity index (χ0n) is 11.5. The third-order valence-corrected chi connectivity index (χ3v) is 4.20. The van der Waals surface area contributed by atoms with Crippen LogP contribution >= 0.6 is 12.6 Å². The average molecular weight is 286 g/mol. The molecule has 4 aromatic rings. The first-order chi connectivity index (χ1) is 10.3. The summed E-state index contributed by atoms with van der Waals surface area (Å²) in [6.45, 7) is 0. The van der Waals surface area contributed by atoms with E-state index in [-0.39, 0.29) is 0 Å². The molecule has 0 aromatic heterocycles. The van der Waals surface area contributed by atoms with Crippen molar-refractivity contribution < 1.29 is 0 Å². The van der Waals surface area contributed by atoms with Crippen LogP contribution in [0.4, 0.5) is 0 Å². The molecule has 21 heavy (non-hydrogen) atoms. The Hall–Kier alpha value is -2.25. The van der Waals surface area contributed by atoms with Crippen molar-refractivity contribution in [1.29, 1.82) is 0 Å². The first-order valence-electron chi connectivity index (χ1n) is 7.03. The molecule has 1 heteroatoms. The van der Waals surface area contributed by atoms with Gasteiger partial charge in [0.1, 0.15) is 0 Å². The summed E-state index contributed by atoms with van der Waals surface area (Å²) in [5.41, 5.74) is 2.48. The number of fused-ring (bicyclic) bond motifs is 3. The molecule has 0 heterocycles. The number of thiol groups is 1. The van der Waals surface area contributed by atoms with Crippen LogP contribution in [0.25, 0.3) is 32.7 Å². The van der Waals surface area contributed by atoms with Crippen molar-refractivity contribution >= 4 is 34.2 Å². The number of rotatable bonds is 1. The molecule has 4 rings (SSSR count). The molecule has 0 spiro atoms. The van der Waals surface area contributed by atoms with Gasteiger partial charge in [0.05, 0.1) is 0 Å². The highest BCUT2D eigenvalue weighted by Crippen LogP contribution is 2.35. The normalized spacial score (nSPS) is 11.1. The second-order valence-corrected chi connectivity index (χ2v) is 5.76. The van der Waals surface area contributed by atoms with Crippen molar-refractivity contribution in [2.75, 3.05) is 0 Å². The van der Waals surface area contributed by atoms with E-state index >= 15 is 0 Å². The lowest BCUT2D eigenvalue weighted by Gasteiger charge is -2.11. The molecule has 4 aromatic carbocycles. The van der Waals surface area contributed by atoms with Gasteiger partial charge in [-0.25, -0.2) is 0 Å². The molecule has 0 nitrogen and oxygen atoms in total. The molecule has 0 saturated carbocycles. The topological polar surface area (TPSA) is 0 Å². The highest BCUT2D eigenvalue weighted by atomic mass is 32.1. The van der Waals surface area contributed by atoms with Crippen LogP contribution in [0.5, 0.6) is 0 Å². The van der Waals surface area contributed by atoms with E-state index in [2.05, 4.69) is 85.4 Å². The molecule has 0 amide bonds. The molecule has 0 saturated heterocycles. The number of hydrogen-bond donors (Lipinski definition) is 1. The number of hydrogen-bond acceptors (Lipinski definition) is 1. The Morgan fingerprint density at radius 2 is 1.29 bits per heavy atom. The van der Waals surface area contributed by atoms with Crippen LogP contribution in [0.15, 0.2) is 83.8 Å². The second kappa shape index (κ2) is 4.94. The van der Waals surface area contributed by atoms with Crippen molar-refractivity contribution in [1.82, 2.24) is 0 Å². The van der Waals surface area contributed by atoms with Gasteiger partial charge in [0.25, 0.3) is 0 Å². The molecule has 100 valence electrons. The summed E-state index contributed by atoms with van der Waals surface area (Å²) < 4.78 is 0. The maximum atomic E-state index is 4.47. The van der Waals surface area contributed by atoms with Crippen molar-refractivity contribution in [3.8, 4) is 11.1 Å². The maximum absolute atomic E-state index is 4.47. The van der Waals surface area contributed by atoms with Crippen LogP contribution in [0, 0.1) is 0 Å². The zero-order chi connectivity index (χ0) is 14.2. The van der Waals surface area contributed by atoms with E-state index in [0.717, 1.165) is 4.90 Å². The third-order valence-electron chi connectivity index (χ3n) is 3.93. The molecule has 0 aliphatic carbocycles.